The van der Waals surface area contributed by atoms with E-state index in [1.54, 1.807) is 19.2 Å². The normalized spacial score (nSPS) is 18.6. The van der Waals surface area contributed by atoms with Gasteiger partial charge in [0.2, 0.25) is 0 Å². The molecular formula is C28H28BFNO5S+. The van der Waals surface area contributed by atoms with Crippen LogP contribution in [0.25, 0.3) is 22.3 Å². The molecule has 4 aromatic rings. The number of halogens is 1. The van der Waals surface area contributed by atoms with Crippen LogP contribution in [0, 0.1) is 5.82 Å². The highest BCUT2D eigenvalue weighted by Crippen LogP contribution is 2.48. The number of quaternary nitrogens is 1. The molecule has 0 saturated heterocycles. The third-order valence-electron chi connectivity index (χ3n) is 7.69. The van der Waals surface area contributed by atoms with Crippen LogP contribution in [0.15, 0.2) is 65.1 Å². The summed E-state index contributed by atoms with van der Waals surface area (Å²) in [6, 6.07) is 18.0. The molecule has 1 aromatic heterocycles. The van der Waals surface area contributed by atoms with E-state index in [-0.39, 0.29) is 15.6 Å². The topological polar surface area (TPSA) is 79.9 Å². The van der Waals surface area contributed by atoms with Crippen molar-refractivity contribution < 1.29 is 27.2 Å². The predicted molar refractivity (Wildman–Crippen MR) is 144 cm³/mol. The van der Waals surface area contributed by atoms with Gasteiger partial charge in [-0.15, -0.1) is 0 Å². The first-order chi connectivity index (χ1) is 17.7. The zero-order chi connectivity index (χ0) is 25.9. The molecule has 1 aliphatic carbocycles. The first-order valence-corrected chi connectivity index (χ1v) is 13.5. The van der Waals surface area contributed by atoms with Crippen molar-refractivity contribution in [1.82, 2.24) is 3.89 Å². The van der Waals surface area contributed by atoms with Crippen LogP contribution in [0.5, 0.6) is 0 Å². The van der Waals surface area contributed by atoms with Gasteiger partial charge in [-0.2, -0.15) is 8.10 Å². The van der Waals surface area contributed by atoms with Gasteiger partial charge in [0.15, 0.2) is 5.69 Å². The van der Waals surface area contributed by atoms with Gasteiger partial charge in [0.05, 0.1) is 13.7 Å². The molecule has 3 atom stereocenters. The molecule has 2 N–H and O–H groups in total. The molecule has 0 amide bonds. The van der Waals surface area contributed by atoms with Crippen molar-refractivity contribution in [3.63, 3.8) is 0 Å². The molecule has 3 aromatic carbocycles. The van der Waals surface area contributed by atoms with Crippen molar-refractivity contribution in [3.05, 3.63) is 83.2 Å². The van der Waals surface area contributed by atoms with Crippen LogP contribution in [0.1, 0.15) is 48.3 Å². The molecule has 0 radical (unpaired) electrons. The SMILES string of the molecule is CC(C[N+](C)(c1cc2oc(-c3ccc(F)cc3)cc2cc1C1CC1)S(=O)O)c1ccc2c(c1)COB2O. The van der Waals surface area contributed by atoms with Crippen molar-refractivity contribution >= 4 is 40.5 Å². The fraction of sp³-hybridized carbons (Fsp3) is 0.286. The Morgan fingerprint density at radius 2 is 1.89 bits per heavy atom. The van der Waals surface area contributed by atoms with Gasteiger partial charge >= 0.3 is 18.4 Å². The summed E-state index contributed by atoms with van der Waals surface area (Å²) < 4.78 is 48.4. The van der Waals surface area contributed by atoms with Crippen LogP contribution < -0.4 is 9.35 Å². The molecule has 3 unspecified atom stereocenters. The van der Waals surface area contributed by atoms with Crippen LogP contribution in [0.3, 0.4) is 0 Å². The number of fused-ring (bicyclic) bond motifs is 2. The fourth-order valence-corrected chi connectivity index (χ4v) is 6.09. The van der Waals surface area contributed by atoms with Gasteiger partial charge in [0.25, 0.3) is 0 Å². The van der Waals surface area contributed by atoms with E-state index in [0.717, 1.165) is 51.6 Å². The first kappa shape index (κ1) is 24.5. The maximum Gasteiger partial charge on any atom is 0.491 e. The lowest BCUT2D eigenvalue weighted by molar-refractivity contribution is 0.275. The number of hydrogen-bond donors (Lipinski definition) is 2. The second-order valence-electron chi connectivity index (χ2n) is 10.4. The molecule has 2 aliphatic rings. The summed E-state index contributed by atoms with van der Waals surface area (Å²) in [6.07, 6.45) is 2.09. The Morgan fingerprint density at radius 1 is 1.14 bits per heavy atom. The lowest BCUT2D eigenvalue weighted by atomic mass is 9.78. The minimum absolute atomic E-state index is 0.0433. The predicted octanol–water partition coefficient (Wildman–Crippen LogP) is 5.21. The Kier molecular flexibility index (Phi) is 6.08. The molecule has 190 valence electrons. The Labute approximate surface area is 217 Å². The van der Waals surface area contributed by atoms with Crippen LogP contribution in [-0.2, 0) is 22.5 Å². The molecule has 0 spiro atoms. The highest BCUT2D eigenvalue weighted by atomic mass is 32.2. The Bertz CT molecular complexity index is 1520. The largest absolute Gasteiger partial charge is 0.491 e. The van der Waals surface area contributed by atoms with Crippen molar-refractivity contribution in [2.24, 2.45) is 0 Å². The maximum absolute atomic E-state index is 13.4. The average Bonchev–Trinajstić information content (AvgIpc) is 3.55. The monoisotopic (exact) mass is 520 g/mol. The van der Waals surface area contributed by atoms with E-state index in [4.69, 9.17) is 9.07 Å². The summed E-state index contributed by atoms with van der Waals surface area (Å²) >= 11 is -2.20. The minimum Gasteiger partial charge on any atom is -0.456 e. The summed E-state index contributed by atoms with van der Waals surface area (Å²) in [5.41, 5.74) is 6.00. The third-order valence-corrected chi connectivity index (χ3v) is 8.72. The van der Waals surface area contributed by atoms with Crippen LogP contribution in [0.4, 0.5) is 10.1 Å². The third kappa shape index (κ3) is 4.45. The van der Waals surface area contributed by atoms with Gasteiger partial charge < -0.3 is 14.1 Å². The molecule has 1 saturated carbocycles. The quantitative estimate of drug-likeness (QED) is 0.199. The fourth-order valence-electron chi connectivity index (χ4n) is 5.41. The van der Waals surface area contributed by atoms with Gasteiger partial charge in [-0.1, -0.05) is 25.1 Å². The first-order valence-electron chi connectivity index (χ1n) is 12.5. The number of hydrogen-bond acceptors (Lipinski definition) is 4. The van der Waals surface area contributed by atoms with E-state index in [0.29, 0.717) is 30.4 Å². The highest BCUT2D eigenvalue weighted by Gasteiger charge is 2.41. The summed E-state index contributed by atoms with van der Waals surface area (Å²) in [5, 5.41) is 10.9. The molecular weight excluding hydrogens is 492 g/mol. The molecule has 37 heavy (non-hydrogen) atoms. The second-order valence-corrected chi connectivity index (χ2v) is 11.6. The lowest BCUT2D eigenvalue weighted by Gasteiger charge is -2.32. The number of nitrogens with zero attached hydrogens (tertiary/aromatic N) is 1. The van der Waals surface area contributed by atoms with Crippen LogP contribution in [-0.4, -0.2) is 34.5 Å². The maximum atomic E-state index is 13.4. The van der Waals surface area contributed by atoms with Crippen molar-refractivity contribution in [2.75, 3.05) is 13.6 Å². The molecule has 1 aliphatic heterocycles. The Hall–Kier alpha value is -2.82. The lowest BCUT2D eigenvalue weighted by Crippen LogP contribution is -2.49. The summed E-state index contributed by atoms with van der Waals surface area (Å²) in [7, 11) is 0.898. The van der Waals surface area contributed by atoms with Crippen LogP contribution >= 0.6 is 0 Å². The molecule has 9 heteroatoms. The second kappa shape index (κ2) is 9.18. The van der Waals surface area contributed by atoms with E-state index >= 15 is 0 Å². The van der Waals surface area contributed by atoms with Gasteiger partial charge in [0, 0.05) is 28.5 Å². The van der Waals surface area contributed by atoms with Crippen molar-refractivity contribution in [1.29, 1.82) is 0 Å². The zero-order valence-corrected chi connectivity index (χ0v) is 21.5. The average molecular weight is 520 g/mol. The van der Waals surface area contributed by atoms with Gasteiger partial charge in [-0.25, -0.2) is 4.39 Å². The molecule has 1 fully saturated rings. The number of benzene rings is 3. The van der Waals surface area contributed by atoms with Gasteiger partial charge in [-0.3, -0.25) is 4.55 Å². The molecule has 6 rings (SSSR count). The Balaban J connectivity index is 1.39. The Morgan fingerprint density at radius 3 is 2.59 bits per heavy atom. The van der Waals surface area contributed by atoms with Gasteiger partial charge in [-0.05, 0) is 71.7 Å². The smallest absolute Gasteiger partial charge is 0.456 e. The minimum atomic E-state index is -2.20. The molecule has 2 heterocycles. The van der Waals surface area contributed by atoms with E-state index in [2.05, 4.69) is 6.07 Å². The summed E-state index contributed by atoms with van der Waals surface area (Å²) in [4.78, 5) is 0. The standard InChI is InChI=1S/C28H27BFNO5S/c1-17(20-7-10-25-22(11-20)16-35-29(25)32)15-31(2,37(33)34)26-14-28-21(12-24(26)18-3-4-18)13-27(36-28)19-5-8-23(30)9-6-19/h5-14,17-18,32H,3-4,15-16H2,1-2H3/p+1. The molecule has 0 bridgehead atoms. The molecule has 6 nitrogen and oxygen atoms in total. The van der Waals surface area contributed by atoms with E-state index in [1.165, 1.54) is 12.1 Å². The van der Waals surface area contributed by atoms with Crippen LogP contribution in [0.2, 0.25) is 0 Å². The number of rotatable bonds is 7. The van der Waals surface area contributed by atoms with Gasteiger partial charge in [0.1, 0.15) is 23.7 Å². The number of likely N-dealkylation sites (N-methyl/N-ethyl adjacent to an activating group) is 1. The summed E-state index contributed by atoms with van der Waals surface area (Å²) in [5.74, 6) is 0.624. The van der Waals surface area contributed by atoms with E-state index < -0.39 is 18.4 Å². The zero-order valence-electron chi connectivity index (χ0n) is 20.7. The van der Waals surface area contributed by atoms with Crippen molar-refractivity contribution in [3.8, 4) is 11.3 Å². The van der Waals surface area contributed by atoms with Crippen molar-refractivity contribution in [2.45, 2.75) is 38.2 Å². The van der Waals surface area contributed by atoms with E-state index in [1.807, 2.05) is 37.3 Å². The summed E-state index contributed by atoms with van der Waals surface area (Å²) in [6.45, 7) is 2.79. The van der Waals surface area contributed by atoms with E-state index in [9.17, 15) is 18.2 Å². The highest BCUT2D eigenvalue weighted by molar-refractivity contribution is 7.78. The number of furan rings is 1.